The number of benzene rings is 1. The lowest BCUT2D eigenvalue weighted by atomic mass is 10.2. The Bertz CT molecular complexity index is 421. The summed E-state index contributed by atoms with van der Waals surface area (Å²) in [5.74, 6) is 2.27. The van der Waals surface area contributed by atoms with Gasteiger partial charge in [-0.3, -0.25) is 0 Å². The summed E-state index contributed by atoms with van der Waals surface area (Å²) in [6.07, 6.45) is 1.83. The molecule has 1 aromatic carbocycles. The van der Waals surface area contributed by atoms with E-state index < -0.39 is 0 Å². The van der Waals surface area contributed by atoms with E-state index in [1.165, 1.54) is 0 Å². The first kappa shape index (κ1) is 14.9. The lowest BCUT2D eigenvalue weighted by Crippen LogP contribution is -2.17. The molecule has 0 radical (unpaired) electrons. The van der Waals surface area contributed by atoms with Crippen LogP contribution in [-0.2, 0) is 6.54 Å². The molecule has 3 nitrogen and oxygen atoms in total. The minimum Gasteiger partial charge on any atom is -0.493 e. The van der Waals surface area contributed by atoms with Gasteiger partial charge in [0.1, 0.15) is 4.32 Å². The average molecular weight is 283 g/mol. The van der Waals surface area contributed by atoms with Crippen LogP contribution in [0.1, 0.15) is 5.56 Å². The maximum Gasteiger partial charge on any atom is 0.161 e. The highest BCUT2D eigenvalue weighted by Gasteiger charge is 2.04. The van der Waals surface area contributed by atoms with Gasteiger partial charge in [-0.25, -0.2) is 0 Å². The highest BCUT2D eigenvalue weighted by molar-refractivity contribution is 8.23. The molecule has 1 rings (SSSR count). The molecule has 5 heteroatoms. The molecule has 0 fully saturated rings. The summed E-state index contributed by atoms with van der Waals surface area (Å²) >= 11 is 6.74. The van der Waals surface area contributed by atoms with E-state index in [1.807, 2.05) is 24.3 Å². The van der Waals surface area contributed by atoms with Crippen LogP contribution in [0.15, 0.2) is 30.9 Å². The second-order valence-corrected chi connectivity index (χ2v) is 5.13. The van der Waals surface area contributed by atoms with E-state index >= 15 is 0 Å². The van der Waals surface area contributed by atoms with Gasteiger partial charge < -0.3 is 14.8 Å². The number of hydrogen-bond acceptors (Lipinski definition) is 4. The lowest BCUT2D eigenvalue weighted by molar-refractivity contribution is 0.354. The number of hydrogen-bond donors (Lipinski definition) is 1. The van der Waals surface area contributed by atoms with E-state index in [0.29, 0.717) is 6.54 Å². The van der Waals surface area contributed by atoms with Crippen LogP contribution in [0, 0.1) is 0 Å². The normalized spacial score (nSPS) is 9.67. The van der Waals surface area contributed by atoms with Crippen molar-refractivity contribution in [2.24, 2.45) is 0 Å². The van der Waals surface area contributed by atoms with Crippen LogP contribution in [0.2, 0.25) is 0 Å². The van der Waals surface area contributed by atoms with E-state index in [2.05, 4.69) is 11.9 Å². The topological polar surface area (TPSA) is 30.5 Å². The first-order valence-corrected chi connectivity index (χ1v) is 6.83. The second kappa shape index (κ2) is 8.00. The first-order chi connectivity index (χ1) is 8.71. The summed E-state index contributed by atoms with van der Waals surface area (Å²) in [5.41, 5.74) is 1.09. The SMILES string of the molecule is C=CCSC(=S)NCc1ccc(OC)c(OC)c1. The molecule has 0 unspecified atom stereocenters. The van der Waals surface area contributed by atoms with Crippen molar-refractivity contribution in [2.45, 2.75) is 6.54 Å². The Morgan fingerprint density at radius 3 is 2.72 bits per heavy atom. The van der Waals surface area contributed by atoms with Crippen molar-refractivity contribution in [3.05, 3.63) is 36.4 Å². The van der Waals surface area contributed by atoms with Gasteiger partial charge in [-0.05, 0) is 17.7 Å². The monoisotopic (exact) mass is 283 g/mol. The van der Waals surface area contributed by atoms with E-state index in [1.54, 1.807) is 26.0 Å². The summed E-state index contributed by atoms with van der Waals surface area (Å²) < 4.78 is 11.2. The highest BCUT2D eigenvalue weighted by atomic mass is 32.2. The van der Waals surface area contributed by atoms with Crippen LogP contribution in [0.25, 0.3) is 0 Å². The van der Waals surface area contributed by atoms with Crippen LogP contribution in [-0.4, -0.2) is 24.3 Å². The van der Waals surface area contributed by atoms with Gasteiger partial charge in [0.05, 0.1) is 14.2 Å². The summed E-state index contributed by atoms with van der Waals surface area (Å²) in [6.45, 7) is 4.32. The molecule has 0 bridgehead atoms. The van der Waals surface area contributed by atoms with Crippen molar-refractivity contribution >= 4 is 28.3 Å². The Morgan fingerprint density at radius 1 is 1.39 bits per heavy atom. The molecule has 0 saturated carbocycles. The van der Waals surface area contributed by atoms with Gasteiger partial charge in [0, 0.05) is 12.3 Å². The first-order valence-electron chi connectivity index (χ1n) is 5.43. The van der Waals surface area contributed by atoms with Crippen molar-refractivity contribution in [1.82, 2.24) is 5.32 Å². The Morgan fingerprint density at radius 2 is 2.11 bits per heavy atom. The predicted octanol–water partition coefficient (Wildman–Crippen LogP) is 3.00. The van der Waals surface area contributed by atoms with Crippen LogP contribution in [0.5, 0.6) is 11.5 Å². The van der Waals surface area contributed by atoms with Gasteiger partial charge in [-0.2, -0.15) is 0 Å². The van der Waals surface area contributed by atoms with E-state index in [0.717, 1.165) is 27.1 Å². The van der Waals surface area contributed by atoms with Gasteiger partial charge in [0.25, 0.3) is 0 Å². The van der Waals surface area contributed by atoms with Gasteiger partial charge in [0.15, 0.2) is 11.5 Å². The van der Waals surface area contributed by atoms with E-state index in [-0.39, 0.29) is 0 Å². The molecule has 0 aliphatic heterocycles. The summed E-state index contributed by atoms with van der Waals surface area (Å²) in [7, 11) is 3.25. The van der Waals surface area contributed by atoms with Crippen LogP contribution < -0.4 is 14.8 Å². The second-order valence-electron chi connectivity index (χ2n) is 3.43. The average Bonchev–Trinajstić information content (AvgIpc) is 2.42. The molecule has 1 aromatic rings. The molecule has 18 heavy (non-hydrogen) atoms. The molecule has 0 amide bonds. The quantitative estimate of drug-likeness (QED) is 0.640. The largest absolute Gasteiger partial charge is 0.493 e. The van der Waals surface area contributed by atoms with Crippen molar-refractivity contribution in [3.63, 3.8) is 0 Å². The zero-order valence-corrected chi connectivity index (χ0v) is 12.2. The Labute approximate surface area is 118 Å². The van der Waals surface area contributed by atoms with Crippen molar-refractivity contribution in [3.8, 4) is 11.5 Å². The molecular weight excluding hydrogens is 266 g/mol. The van der Waals surface area contributed by atoms with Crippen molar-refractivity contribution in [2.75, 3.05) is 20.0 Å². The third-order valence-corrected chi connectivity index (χ3v) is 3.52. The Kier molecular flexibility index (Phi) is 6.60. The third-order valence-electron chi connectivity index (χ3n) is 2.22. The lowest BCUT2D eigenvalue weighted by Gasteiger charge is -2.11. The molecular formula is C13H17NO2S2. The molecule has 1 N–H and O–H groups in total. The van der Waals surface area contributed by atoms with E-state index in [4.69, 9.17) is 21.7 Å². The maximum atomic E-state index is 5.24. The minimum atomic E-state index is 0.670. The summed E-state index contributed by atoms with van der Waals surface area (Å²) in [4.78, 5) is 0. The number of nitrogens with one attached hydrogen (secondary N) is 1. The highest BCUT2D eigenvalue weighted by Crippen LogP contribution is 2.27. The van der Waals surface area contributed by atoms with Crippen LogP contribution >= 0.6 is 24.0 Å². The molecule has 0 saturated heterocycles. The number of methoxy groups -OCH3 is 2. The molecule has 98 valence electrons. The van der Waals surface area contributed by atoms with Crippen LogP contribution in [0.3, 0.4) is 0 Å². The fraction of sp³-hybridized carbons (Fsp3) is 0.308. The standard InChI is InChI=1S/C13H17NO2S2/c1-4-7-18-13(17)14-9-10-5-6-11(15-2)12(8-10)16-3/h4-6,8H,1,7,9H2,2-3H3,(H,14,17). The third kappa shape index (κ3) is 4.58. The summed E-state index contributed by atoms with van der Waals surface area (Å²) in [5, 5.41) is 3.17. The number of ether oxygens (including phenoxy) is 2. The zero-order chi connectivity index (χ0) is 13.4. The van der Waals surface area contributed by atoms with Gasteiger partial charge in [-0.15, -0.1) is 6.58 Å². The summed E-state index contributed by atoms with van der Waals surface area (Å²) in [6, 6.07) is 5.80. The fourth-order valence-electron chi connectivity index (χ4n) is 1.35. The van der Waals surface area contributed by atoms with Gasteiger partial charge in [-0.1, -0.05) is 36.1 Å². The molecule has 0 aromatic heterocycles. The maximum absolute atomic E-state index is 5.24. The van der Waals surface area contributed by atoms with Crippen molar-refractivity contribution in [1.29, 1.82) is 0 Å². The number of thioether (sulfide) groups is 1. The van der Waals surface area contributed by atoms with Crippen molar-refractivity contribution < 1.29 is 9.47 Å². The fourth-order valence-corrected chi connectivity index (χ4v) is 2.07. The molecule has 0 atom stereocenters. The predicted molar refractivity (Wildman–Crippen MR) is 81.6 cm³/mol. The molecule has 0 heterocycles. The Hall–Kier alpha value is -1.20. The minimum absolute atomic E-state index is 0.670. The van der Waals surface area contributed by atoms with E-state index in [9.17, 15) is 0 Å². The van der Waals surface area contributed by atoms with Gasteiger partial charge >= 0.3 is 0 Å². The number of rotatable bonds is 6. The van der Waals surface area contributed by atoms with Gasteiger partial charge in [0.2, 0.25) is 0 Å². The molecule has 0 aliphatic rings. The zero-order valence-electron chi connectivity index (χ0n) is 10.6. The Balaban J connectivity index is 2.57. The van der Waals surface area contributed by atoms with Crippen LogP contribution in [0.4, 0.5) is 0 Å². The number of thiocarbonyl (C=S) groups is 1. The molecule has 0 spiro atoms. The smallest absolute Gasteiger partial charge is 0.161 e. The molecule has 0 aliphatic carbocycles.